The van der Waals surface area contributed by atoms with E-state index < -0.39 is 17.0 Å². The van der Waals surface area contributed by atoms with Gasteiger partial charge in [0.15, 0.2) is 0 Å². The summed E-state index contributed by atoms with van der Waals surface area (Å²) in [5.41, 5.74) is -0.950. The Labute approximate surface area is 109 Å². The Kier molecular flexibility index (Phi) is 6.70. The zero-order valence-corrected chi connectivity index (χ0v) is 12.7. The average molecular weight is 266 g/mol. The van der Waals surface area contributed by atoms with Crippen molar-refractivity contribution < 1.29 is 29.6 Å². The molecular weight excluding hydrogens is 240 g/mol. The van der Waals surface area contributed by atoms with Gasteiger partial charge in [-0.25, -0.2) is 9.78 Å². The summed E-state index contributed by atoms with van der Waals surface area (Å²) >= 11 is 0. The Bertz CT molecular complexity index is 208. The maximum Gasteiger partial charge on any atom is 0.237 e. The molecule has 0 saturated heterocycles. The monoisotopic (exact) mass is 266 g/mol. The summed E-state index contributed by atoms with van der Waals surface area (Å²) < 4.78 is 0. The molecule has 0 N–H and O–H groups in total. The second-order valence-corrected chi connectivity index (χ2v) is 6.18. The number of hydrogen-bond acceptors (Lipinski definition) is 6. The molecule has 0 radical (unpaired) electrons. The van der Waals surface area contributed by atoms with Gasteiger partial charge in [-0.05, 0) is 48.5 Å². The quantitative estimate of drug-likeness (QED) is 0.399. The largest absolute Gasteiger partial charge is 0.237 e. The first-order chi connectivity index (χ1) is 7.97. The van der Waals surface area contributed by atoms with Crippen LogP contribution in [0.15, 0.2) is 0 Å². The second-order valence-electron chi connectivity index (χ2n) is 6.18. The van der Waals surface area contributed by atoms with Gasteiger partial charge in [0.2, 0.25) is 5.79 Å². The molecule has 0 saturated carbocycles. The van der Waals surface area contributed by atoms with Crippen molar-refractivity contribution in [1.29, 1.82) is 0 Å². The van der Waals surface area contributed by atoms with Crippen LogP contribution in [0.5, 0.6) is 0 Å². The molecule has 0 unspecified atom stereocenters. The molecule has 0 spiro atoms. The van der Waals surface area contributed by atoms with Crippen LogP contribution in [0.2, 0.25) is 0 Å². The Hall–Kier alpha value is -0.240. The molecular formula is C12H26O6. The van der Waals surface area contributed by atoms with Crippen molar-refractivity contribution in [3.8, 4) is 0 Å². The summed E-state index contributed by atoms with van der Waals surface area (Å²) in [7, 11) is 0. The first kappa shape index (κ1) is 17.8. The van der Waals surface area contributed by atoms with Gasteiger partial charge >= 0.3 is 0 Å². The van der Waals surface area contributed by atoms with E-state index in [2.05, 4.69) is 10.1 Å². The van der Waals surface area contributed by atoms with Gasteiger partial charge in [0.25, 0.3) is 0 Å². The van der Waals surface area contributed by atoms with Gasteiger partial charge in [0.05, 0.1) is 11.2 Å². The molecule has 0 rings (SSSR count). The fourth-order valence-corrected chi connectivity index (χ4v) is 0.514. The molecule has 0 fully saturated rings. The molecule has 0 aliphatic carbocycles. The van der Waals surface area contributed by atoms with Crippen LogP contribution in [0.1, 0.15) is 61.8 Å². The van der Waals surface area contributed by atoms with E-state index in [-0.39, 0.29) is 0 Å². The molecule has 0 heterocycles. The van der Waals surface area contributed by atoms with E-state index in [9.17, 15) is 0 Å². The molecule has 0 aromatic heterocycles. The molecule has 0 amide bonds. The van der Waals surface area contributed by atoms with Crippen LogP contribution in [0.25, 0.3) is 0 Å². The molecule has 18 heavy (non-hydrogen) atoms. The van der Waals surface area contributed by atoms with Gasteiger partial charge in [-0.15, -0.1) is 0 Å². The second kappa shape index (κ2) is 6.79. The molecule has 0 aromatic carbocycles. The fraction of sp³-hybridized carbons (Fsp3) is 1.00. The smallest absolute Gasteiger partial charge is 0.200 e. The highest BCUT2D eigenvalue weighted by molar-refractivity contribution is 4.56. The third kappa shape index (κ3) is 9.76. The molecule has 110 valence electrons. The zero-order valence-electron chi connectivity index (χ0n) is 12.7. The van der Waals surface area contributed by atoms with Crippen LogP contribution in [-0.2, 0) is 29.6 Å². The van der Waals surface area contributed by atoms with Crippen LogP contribution < -0.4 is 0 Å². The summed E-state index contributed by atoms with van der Waals surface area (Å²) in [5, 5.41) is 9.35. The van der Waals surface area contributed by atoms with E-state index in [0.29, 0.717) is 6.42 Å². The predicted octanol–water partition coefficient (Wildman–Crippen LogP) is 3.47. The normalized spacial score (nSPS) is 14.0. The van der Waals surface area contributed by atoms with E-state index in [1.807, 2.05) is 48.5 Å². The maximum atomic E-state index is 5.02. The summed E-state index contributed by atoms with van der Waals surface area (Å²) in [4.78, 5) is 20.0. The molecule has 0 aliphatic rings. The van der Waals surface area contributed by atoms with Crippen molar-refractivity contribution in [3.63, 3.8) is 0 Å². The van der Waals surface area contributed by atoms with Crippen LogP contribution in [0.3, 0.4) is 0 Å². The van der Waals surface area contributed by atoms with Crippen molar-refractivity contribution in [2.75, 3.05) is 0 Å². The Morgan fingerprint density at radius 3 is 1.17 bits per heavy atom. The van der Waals surface area contributed by atoms with Crippen LogP contribution >= 0.6 is 0 Å². The lowest BCUT2D eigenvalue weighted by molar-refractivity contribution is -0.657. The van der Waals surface area contributed by atoms with Crippen LogP contribution in [0, 0.1) is 0 Å². The number of rotatable bonds is 7. The topological polar surface area (TPSA) is 55.4 Å². The van der Waals surface area contributed by atoms with Gasteiger partial charge in [-0.3, -0.25) is 0 Å². The Balaban J connectivity index is 4.03. The van der Waals surface area contributed by atoms with E-state index >= 15 is 0 Å². The minimum atomic E-state index is -1.11. The first-order valence-electron chi connectivity index (χ1n) is 6.04. The maximum absolute atomic E-state index is 5.02. The summed E-state index contributed by atoms with van der Waals surface area (Å²) in [6.45, 7) is 14.5. The van der Waals surface area contributed by atoms with Crippen molar-refractivity contribution in [2.24, 2.45) is 0 Å². The highest BCUT2D eigenvalue weighted by Crippen LogP contribution is 2.21. The van der Waals surface area contributed by atoms with E-state index in [1.54, 1.807) is 6.92 Å². The fourth-order valence-electron chi connectivity index (χ4n) is 0.514. The van der Waals surface area contributed by atoms with Crippen LogP contribution in [-0.4, -0.2) is 17.0 Å². The van der Waals surface area contributed by atoms with E-state index in [1.165, 1.54) is 0 Å². The van der Waals surface area contributed by atoms with Gasteiger partial charge in [0, 0.05) is 6.42 Å². The molecule has 0 atom stereocenters. The highest BCUT2D eigenvalue weighted by atomic mass is 17.6. The highest BCUT2D eigenvalue weighted by Gasteiger charge is 2.30. The van der Waals surface area contributed by atoms with E-state index in [0.717, 1.165) is 0 Å². The lowest BCUT2D eigenvalue weighted by Gasteiger charge is -2.27. The molecule has 0 aromatic rings. The molecule has 0 aliphatic heterocycles. The Morgan fingerprint density at radius 2 is 0.944 bits per heavy atom. The number of hydrogen-bond donors (Lipinski definition) is 0. The third-order valence-corrected chi connectivity index (χ3v) is 1.63. The van der Waals surface area contributed by atoms with Gasteiger partial charge in [0.1, 0.15) is 0 Å². The van der Waals surface area contributed by atoms with Crippen molar-refractivity contribution in [2.45, 2.75) is 78.8 Å². The summed E-state index contributed by atoms with van der Waals surface area (Å²) in [6, 6.07) is 0. The van der Waals surface area contributed by atoms with Gasteiger partial charge < -0.3 is 0 Å². The van der Waals surface area contributed by atoms with E-state index in [4.69, 9.17) is 19.6 Å². The third-order valence-electron chi connectivity index (χ3n) is 1.63. The summed E-state index contributed by atoms with van der Waals surface area (Å²) in [5.74, 6) is -1.11. The predicted molar refractivity (Wildman–Crippen MR) is 64.7 cm³/mol. The van der Waals surface area contributed by atoms with Gasteiger partial charge in [-0.2, -0.15) is 9.78 Å². The standard InChI is InChI=1S/C12H26O6/c1-9-12(8,15-17-13-10(2,3)4)16-18-14-11(5,6)7/h9H2,1-8H3. The van der Waals surface area contributed by atoms with Gasteiger partial charge in [-0.1, -0.05) is 17.0 Å². The van der Waals surface area contributed by atoms with Crippen LogP contribution in [0.4, 0.5) is 0 Å². The van der Waals surface area contributed by atoms with Crippen molar-refractivity contribution in [1.82, 2.24) is 0 Å². The van der Waals surface area contributed by atoms with Crippen molar-refractivity contribution >= 4 is 0 Å². The zero-order chi connectivity index (χ0) is 14.4. The minimum Gasteiger partial charge on any atom is -0.200 e. The van der Waals surface area contributed by atoms with Crippen molar-refractivity contribution in [3.05, 3.63) is 0 Å². The lowest BCUT2D eigenvalue weighted by atomic mass is 10.2. The first-order valence-corrected chi connectivity index (χ1v) is 6.04. The average Bonchev–Trinajstić information content (AvgIpc) is 2.13. The molecule has 6 heteroatoms. The lowest BCUT2D eigenvalue weighted by Crippen LogP contribution is -2.34. The minimum absolute atomic E-state index is 0.475. The SMILES string of the molecule is CCC(C)(OOOC(C)(C)C)OOOC(C)(C)C. The summed E-state index contributed by atoms with van der Waals surface area (Å²) in [6.07, 6.45) is 0.480. The molecule has 0 bridgehead atoms. The Morgan fingerprint density at radius 1 is 0.611 bits per heavy atom. The molecule has 6 nitrogen and oxygen atoms in total.